The van der Waals surface area contributed by atoms with Crippen LogP contribution in [-0.2, 0) is 9.53 Å². The molecule has 176 valence electrons. The fraction of sp³-hybridized carbons (Fsp3) is 0.407. The molecule has 1 aromatic carbocycles. The van der Waals surface area contributed by atoms with Crippen molar-refractivity contribution in [3.8, 4) is 16.8 Å². The fourth-order valence-electron chi connectivity index (χ4n) is 3.97. The molecule has 4 rings (SSSR count). The number of hydrogen-bond donors (Lipinski definition) is 0. The van der Waals surface area contributed by atoms with Gasteiger partial charge in [0.1, 0.15) is 22.5 Å². The van der Waals surface area contributed by atoms with Crippen LogP contribution in [0.2, 0.25) is 0 Å². The van der Waals surface area contributed by atoms with Crippen molar-refractivity contribution in [2.45, 2.75) is 73.0 Å². The molecule has 1 atom stereocenters. The van der Waals surface area contributed by atoms with Gasteiger partial charge in [0.15, 0.2) is 5.82 Å². The fourth-order valence-corrected chi connectivity index (χ4v) is 5.18. The molecule has 0 fully saturated rings. The van der Waals surface area contributed by atoms with Gasteiger partial charge in [0.2, 0.25) is 0 Å². The van der Waals surface area contributed by atoms with Crippen LogP contribution in [0.1, 0.15) is 85.4 Å². The van der Waals surface area contributed by atoms with E-state index in [9.17, 15) is 4.79 Å². The number of benzene rings is 1. The number of nitrogens with zero attached hydrogens (tertiary/aromatic N) is 4. The maximum absolute atomic E-state index is 12.8. The molecule has 34 heavy (non-hydrogen) atoms. The van der Waals surface area contributed by atoms with Crippen LogP contribution in [0.25, 0.3) is 5.00 Å². The largest absolute Gasteiger partial charge is 0.460 e. The van der Waals surface area contributed by atoms with Gasteiger partial charge < -0.3 is 4.74 Å². The third kappa shape index (κ3) is 4.69. The summed E-state index contributed by atoms with van der Waals surface area (Å²) in [7, 11) is 0. The first kappa shape index (κ1) is 23.9. The van der Waals surface area contributed by atoms with Crippen LogP contribution in [0.15, 0.2) is 29.3 Å². The lowest BCUT2D eigenvalue weighted by atomic mass is 9.98. The minimum absolute atomic E-state index is 0.0892. The van der Waals surface area contributed by atoms with Gasteiger partial charge in [0.05, 0.1) is 12.1 Å². The zero-order chi connectivity index (χ0) is 24.6. The number of rotatable bonds is 3. The molecular formula is C27H30N4O2S. The molecule has 0 saturated heterocycles. The van der Waals surface area contributed by atoms with E-state index in [1.807, 2.05) is 51.3 Å². The van der Waals surface area contributed by atoms with Gasteiger partial charge >= 0.3 is 5.97 Å². The number of aromatic nitrogens is 3. The molecule has 1 aliphatic rings. The first-order chi connectivity index (χ1) is 16.1. The molecule has 2 aromatic heterocycles. The van der Waals surface area contributed by atoms with Crippen LogP contribution in [0.4, 0.5) is 0 Å². The first-order valence-corrected chi connectivity index (χ1v) is 12.3. The van der Waals surface area contributed by atoms with Crippen LogP contribution in [0.3, 0.4) is 0 Å². The molecule has 0 aliphatic carbocycles. The Bertz CT molecular complexity index is 1330. The van der Waals surface area contributed by atoms with Crippen molar-refractivity contribution in [2.24, 2.45) is 4.99 Å². The highest BCUT2D eigenvalue weighted by Crippen LogP contribution is 2.39. The van der Waals surface area contributed by atoms with Crippen LogP contribution < -0.4 is 0 Å². The molecule has 0 unspecified atom stereocenters. The number of fused-ring (bicyclic) bond motifs is 3. The second-order valence-corrected chi connectivity index (χ2v) is 10.6. The van der Waals surface area contributed by atoms with E-state index in [4.69, 9.17) is 9.73 Å². The second kappa shape index (κ2) is 9.19. The van der Waals surface area contributed by atoms with Crippen LogP contribution in [0, 0.1) is 32.6 Å². The van der Waals surface area contributed by atoms with Crippen molar-refractivity contribution in [1.82, 2.24) is 14.8 Å². The molecule has 0 amide bonds. The highest BCUT2D eigenvalue weighted by Gasteiger charge is 2.33. The summed E-state index contributed by atoms with van der Waals surface area (Å²) in [6.07, 6.45) is 0.905. The molecule has 7 heteroatoms. The summed E-state index contributed by atoms with van der Waals surface area (Å²) in [6, 6.07) is 7.64. The topological polar surface area (TPSA) is 69.4 Å². The Morgan fingerprint density at radius 1 is 1.15 bits per heavy atom. The molecule has 3 heterocycles. The Labute approximate surface area is 205 Å². The summed E-state index contributed by atoms with van der Waals surface area (Å²) < 4.78 is 7.67. The van der Waals surface area contributed by atoms with E-state index in [-0.39, 0.29) is 12.4 Å². The zero-order valence-electron chi connectivity index (χ0n) is 20.8. The Morgan fingerprint density at radius 2 is 1.85 bits per heavy atom. The number of thiophene rings is 1. The molecule has 0 N–H and O–H groups in total. The number of carbonyl (C=O) groups excluding carboxylic acids is 1. The van der Waals surface area contributed by atoms with Crippen molar-refractivity contribution >= 4 is 23.0 Å². The minimum Gasteiger partial charge on any atom is -0.460 e. The minimum atomic E-state index is -0.570. The third-order valence-corrected chi connectivity index (χ3v) is 6.78. The summed E-state index contributed by atoms with van der Waals surface area (Å²) in [5.41, 5.74) is 4.47. The normalized spacial score (nSPS) is 14.9. The summed E-state index contributed by atoms with van der Waals surface area (Å²) >= 11 is 1.70. The van der Waals surface area contributed by atoms with E-state index in [2.05, 4.69) is 48.0 Å². The SMILES string of the molecule is CCC#Cc1ccc(C2=N[C@H](CC(=O)OC(C)(C)C)c3nnc(C)n3-c3sc(C)c(C)c32)cc1. The van der Waals surface area contributed by atoms with Gasteiger partial charge in [0, 0.05) is 28.0 Å². The van der Waals surface area contributed by atoms with E-state index < -0.39 is 11.6 Å². The number of ether oxygens (including phenoxy) is 1. The van der Waals surface area contributed by atoms with Gasteiger partial charge in [0.25, 0.3) is 0 Å². The van der Waals surface area contributed by atoms with Gasteiger partial charge in [-0.2, -0.15) is 0 Å². The van der Waals surface area contributed by atoms with Gasteiger partial charge in [-0.1, -0.05) is 30.9 Å². The van der Waals surface area contributed by atoms with E-state index in [0.29, 0.717) is 5.82 Å². The molecule has 0 radical (unpaired) electrons. The Kier molecular flexibility index (Phi) is 6.46. The number of hydrogen-bond acceptors (Lipinski definition) is 6. The maximum Gasteiger partial charge on any atom is 0.308 e. The summed E-state index contributed by atoms with van der Waals surface area (Å²) in [5.74, 6) is 7.41. The predicted molar refractivity (Wildman–Crippen MR) is 136 cm³/mol. The first-order valence-electron chi connectivity index (χ1n) is 11.5. The lowest BCUT2D eigenvalue weighted by Gasteiger charge is -2.21. The quantitative estimate of drug-likeness (QED) is 0.364. The lowest BCUT2D eigenvalue weighted by Crippen LogP contribution is -2.25. The number of esters is 1. The van der Waals surface area contributed by atoms with Crippen molar-refractivity contribution in [3.05, 3.63) is 63.0 Å². The maximum atomic E-state index is 12.8. The summed E-state index contributed by atoms with van der Waals surface area (Å²) in [4.78, 5) is 19.2. The molecule has 0 bridgehead atoms. The van der Waals surface area contributed by atoms with E-state index >= 15 is 0 Å². The summed E-state index contributed by atoms with van der Waals surface area (Å²) in [6.45, 7) is 13.8. The van der Waals surface area contributed by atoms with Gasteiger partial charge in [-0.3, -0.25) is 14.4 Å². The van der Waals surface area contributed by atoms with E-state index in [0.717, 1.165) is 39.6 Å². The molecule has 0 spiro atoms. The number of carbonyl (C=O) groups is 1. The Morgan fingerprint density at radius 3 is 2.50 bits per heavy atom. The predicted octanol–water partition coefficient (Wildman–Crippen LogP) is 5.64. The lowest BCUT2D eigenvalue weighted by molar-refractivity contribution is -0.155. The Hall–Kier alpha value is -3.24. The van der Waals surface area contributed by atoms with Crippen LogP contribution >= 0.6 is 11.3 Å². The van der Waals surface area contributed by atoms with Crippen LogP contribution in [0.5, 0.6) is 0 Å². The van der Waals surface area contributed by atoms with Crippen LogP contribution in [-0.4, -0.2) is 32.0 Å². The average Bonchev–Trinajstić information content (AvgIpc) is 3.24. The zero-order valence-corrected chi connectivity index (χ0v) is 21.6. The number of aliphatic imine (C=N–C) groups is 1. The monoisotopic (exact) mass is 474 g/mol. The summed E-state index contributed by atoms with van der Waals surface area (Å²) in [5, 5.41) is 9.81. The van der Waals surface area contributed by atoms with Crippen molar-refractivity contribution in [3.63, 3.8) is 0 Å². The van der Waals surface area contributed by atoms with Gasteiger partial charge in [-0.25, -0.2) is 0 Å². The van der Waals surface area contributed by atoms with E-state index in [1.165, 1.54) is 10.4 Å². The smallest absolute Gasteiger partial charge is 0.308 e. The molecular weight excluding hydrogens is 444 g/mol. The van der Waals surface area contributed by atoms with Crippen molar-refractivity contribution < 1.29 is 9.53 Å². The second-order valence-electron chi connectivity index (χ2n) is 9.42. The van der Waals surface area contributed by atoms with Crippen molar-refractivity contribution in [2.75, 3.05) is 0 Å². The van der Waals surface area contributed by atoms with Gasteiger partial charge in [-0.05, 0) is 59.2 Å². The van der Waals surface area contributed by atoms with Gasteiger partial charge in [-0.15, -0.1) is 21.5 Å². The number of aryl methyl sites for hydroxylation is 2. The highest BCUT2D eigenvalue weighted by atomic mass is 32.1. The highest BCUT2D eigenvalue weighted by molar-refractivity contribution is 7.15. The third-order valence-electron chi connectivity index (χ3n) is 5.59. The average molecular weight is 475 g/mol. The van der Waals surface area contributed by atoms with E-state index in [1.54, 1.807) is 11.3 Å². The molecule has 3 aromatic rings. The molecule has 1 aliphatic heterocycles. The Balaban J connectivity index is 1.88. The van der Waals surface area contributed by atoms with Crippen molar-refractivity contribution in [1.29, 1.82) is 0 Å². The molecule has 6 nitrogen and oxygen atoms in total. The molecule has 0 saturated carbocycles. The standard InChI is InChI=1S/C27H30N4O2S/c1-8-9-10-19-11-13-20(14-12-19)24-23-16(2)17(3)34-26(23)31-18(4)29-30-25(31)21(28-24)15-22(32)33-27(5,6)7/h11-14,21H,8,15H2,1-7H3/t21-/m1/s1.